The highest BCUT2D eigenvalue weighted by Gasteiger charge is 2.19. The molecule has 0 radical (unpaired) electrons. The van der Waals surface area contributed by atoms with Gasteiger partial charge in [0.05, 0.1) is 13.7 Å². The highest BCUT2D eigenvalue weighted by Crippen LogP contribution is 2.29. The van der Waals surface area contributed by atoms with Crippen LogP contribution in [0.1, 0.15) is 62.4 Å². The minimum atomic E-state index is -0.447. The van der Waals surface area contributed by atoms with Gasteiger partial charge in [-0.2, -0.15) is 4.98 Å². The Bertz CT molecular complexity index is 1020. The van der Waals surface area contributed by atoms with Crippen LogP contribution in [0.3, 0.4) is 0 Å². The first-order valence-electron chi connectivity index (χ1n) is 12.3. The summed E-state index contributed by atoms with van der Waals surface area (Å²) in [7, 11) is 1.59. The quantitative estimate of drug-likeness (QED) is 0.333. The van der Waals surface area contributed by atoms with Crippen LogP contribution in [0.25, 0.3) is 0 Å². The van der Waals surface area contributed by atoms with Crippen LogP contribution in [0, 0.1) is 6.92 Å². The summed E-state index contributed by atoms with van der Waals surface area (Å²) in [6, 6.07) is 5.77. The van der Waals surface area contributed by atoms with Crippen molar-refractivity contribution >= 4 is 23.6 Å². The normalized spacial score (nSPS) is 11.6. The second-order valence-electron chi connectivity index (χ2n) is 8.64. The van der Waals surface area contributed by atoms with E-state index in [-0.39, 0.29) is 44.2 Å². The van der Waals surface area contributed by atoms with Crippen molar-refractivity contribution in [3.05, 3.63) is 40.6 Å². The molecule has 1 aromatic heterocycles. The van der Waals surface area contributed by atoms with Crippen LogP contribution in [0.4, 0.5) is 11.8 Å². The monoisotopic (exact) mass is 501 g/mol. The van der Waals surface area contributed by atoms with Gasteiger partial charge in [0, 0.05) is 43.8 Å². The molecule has 0 aliphatic rings. The zero-order valence-corrected chi connectivity index (χ0v) is 22.0. The topological polar surface area (TPSA) is 140 Å². The van der Waals surface area contributed by atoms with Crippen molar-refractivity contribution in [2.24, 2.45) is 0 Å². The SMILES string of the molecule is CCC[C@@H](CCO)Nc1nc(N)nc(C)c1Cc1ccc(CN(CC(=O)OCC)C(C)=O)cc1OC. The molecule has 1 aromatic carbocycles. The Labute approximate surface area is 213 Å². The Morgan fingerprint density at radius 2 is 1.97 bits per heavy atom. The van der Waals surface area contributed by atoms with Crippen LogP contribution >= 0.6 is 0 Å². The Kier molecular flexibility index (Phi) is 11.4. The molecule has 2 rings (SSSR count). The van der Waals surface area contributed by atoms with Crippen molar-refractivity contribution in [2.45, 2.75) is 66.0 Å². The first-order chi connectivity index (χ1) is 17.2. The molecule has 10 heteroatoms. The molecule has 0 spiro atoms. The van der Waals surface area contributed by atoms with Gasteiger partial charge in [-0.15, -0.1) is 0 Å². The van der Waals surface area contributed by atoms with Gasteiger partial charge in [0.1, 0.15) is 18.1 Å². The number of aromatic nitrogens is 2. The average molecular weight is 502 g/mol. The molecule has 1 atom stereocenters. The summed E-state index contributed by atoms with van der Waals surface area (Å²) in [5, 5.41) is 12.9. The van der Waals surface area contributed by atoms with E-state index >= 15 is 0 Å². The van der Waals surface area contributed by atoms with Gasteiger partial charge in [-0.1, -0.05) is 25.5 Å². The van der Waals surface area contributed by atoms with Gasteiger partial charge < -0.3 is 30.5 Å². The zero-order chi connectivity index (χ0) is 26.7. The summed E-state index contributed by atoms with van der Waals surface area (Å²) >= 11 is 0. The highest BCUT2D eigenvalue weighted by molar-refractivity contribution is 5.80. The fourth-order valence-electron chi connectivity index (χ4n) is 4.02. The standard InChI is InChI=1S/C26H39N5O5/c1-6-8-21(11-12-32)29-25-22(17(3)28-26(27)30-25)14-20-10-9-19(13-23(20)35-5)15-31(18(4)33)16-24(34)36-7-2/h9-10,13,21,32H,6-8,11-12,14-16H2,1-5H3,(H3,27,28,29,30)/t21-/m0/s1. The Morgan fingerprint density at radius 3 is 2.58 bits per heavy atom. The Hall–Kier alpha value is -3.40. The molecule has 0 fully saturated rings. The molecule has 0 unspecified atom stereocenters. The zero-order valence-electron chi connectivity index (χ0n) is 22.0. The third-order valence-corrected chi connectivity index (χ3v) is 5.85. The number of anilines is 2. The molecule has 0 aliphatic carbocycles. The molecule has 198 valence electrons. The van der Waals surface area contributed by atoms with Crippen molar-refractivity contribution in [2.75, 3.05) is 37.9 Å². The number of aliphatic hydroxyl groups excluding tert-OH is 1. The number of methoxy groups -OCH3 is 1. The van der Waals surface area contributed by atoms with Crippen molar-refractivity contribution < 1.29 is 24.2 Å². The molecule has 4 N–H and O–H groups in total. The number of nitrogens with two attached hydrogens (primary N) is 1. The van der Waals surface area contributed by atoms with Gasteiger partial charge in [0.15, 0.2) is 0 Å². The molecule has 10 nitrogen and oxygen atoms in total. The predicted octanol–water partition coefficient (Wildman–Crippen LogP) is 2.84. The number of nitrogen functional groups attached to an aromatic ring is 1. The first kappa shape index (κ1) is 28.8. The Morgan fingerprint density at radius 1 is 1.22 bits per heavy atom. The molecule has 0 saturated heterocycles. The number of hydrogen-bond donors (Lipinski definition) is 3. The van der Waals surface area contributed by atoms with E-state index in [9.17, 15) is 14.7 Å². The number of aryl methyl sites for hydroxylation is 1. The van der Waals surface area contributed by atoms with Gasteiger partial charge in [0.25, 0.3) is 0 Å². The number of nitrogens with zero attached hydrogens (tertiary/aromatic N) is 3. The number of aliphatic hydroxyl groups is 1. The molecule has 36 heavy (non-hydrogen) atoms. The van der Waals surface area contributed by atoms with Crippen LogP contribution in [0.15, 0.2) is 18.2 Å². The molecule has 0 saturated carbocycles. The molecule has 0 aliphatic heterocycles. The first-order valence-corrected chi connectivity index (χ1v) is 12.3. The number of nitrogens with one attached hydrogen (secondary N) is 1. The number of rotatable bonds is 14. The van der Waals surface area contributed by atoms with Crippen LogP contribution in [-0.2, 0) is 27.3 Å². The summed E-state index contributed by atoms with van der Waals surface area (Å²) in [5.74, 6) is 0.815. The van der Waals surface area contributed by atoms with Crippen LogP contribution in [-0.4, -0.2) is 64.8 Å². The lowest BCUT2D eigenvalue weighted by molar-refractivity contribution is -0.148. The summed E-state index contributed by atoms with van der Waals surface area (Å²) in [6.45, 7) is 7.61. The van der Waals surface area contributed by atoms with E-state index in [0.29, 0.717) is 24.4 Å². The minimum Gasteiger partial charge on any atom is -0.496 e. The number of amides is 1. The Balaban J connectivity index is 2.32. The van der Waals surface area contributed by atoms with E-state index in [2.05, 4.69) is 22.2 Å². The van der Waals surface area contributed by atoms with Gasteiger partial charge in [-0.05, 0) is 43.9 Å². The van der Waals surface area contributed by atoms with Crippen molar-refractivity contribution in [3.63, 3.8) is 0 Å². The molecule has 1 amide bonds. The van der Waals surface area contributed by atoms with Crippen molar-refractivity contribution in [1.29, 1.82) is 0 Å². The minimum absolute atomic E-state index is 0.0636. The lowest BCUT2D eigenvalue weighted by Gasteiger charge is -2.22. The molecule has 1 heterocycles. The van der Waals surface area contributed by atoms with Gasteiger partial charge in [-0.3, -0.25) is 9.59 Å². The average Bonchev–Trinajstić information content (AvgIpc) is 2.81. The van der Waals surface area contributed by atoms with Crippen LogP contribution in [0.2, 0.25) is 0 Å². The predicted molar refractivity (Wildman–Crippen MR) is 139 cm³/mol. The third-order valence-electron chi connectivity index (χ3n) is 5.85. The van der Waals surface area contributed by atoms with E-state index in [1.807, 2.05) is 25.1 Å². The second-order valence-corrected chi connectivity index (χ2v) is 8.64. The van der Waals surface area contributed by atoms with Gasteiger partial charge in [-0.25, -0.2) is 4.98 Å². The summed E-state index contributed by atoms with van der Waals surface area (Å²) in [5.41, 5.74) is 9.33. The number of ether oxygens (including phenoxy) is 2. The van der Waals surface area contributed by atoms with Crippen LogP contribution < -0.4 is 15.8 Å². The largest absolute Gasteiger partial charge is 0.496 e. The lowest BCUT2D eigenvalue weighted by Crippen LogP contribution is -2.34. The smallest absolute Gasteiger partial charge is 0.325 e. The van der Waals surface area contributed by atoms with E-state index in [1.165, 1.54) is 11.8 Å². The number of carbonyl (C=O) groups excluding carboxylic acids is 2. The maximum atomic E-state index is 12.1. The second kappa shape index (κ2) is 14.2. The van der Waals surface area contributed by atoms with Crippen molar-refractivity contribution in [1.82, 2.24) is 14.9 Å². The molecule has 0 bridgehead atoms. The van der Waals surface area contributed by atoms with E-state index in [0.717, 1.165) is 35.2 Å². The van der Waals surface area contributed by atoms with E-state index < -0.39 is 5.97 Å². The van der Waals surface area contributed by atoms with Crippen LogP contribution in [0.5, 0.6) is 5.75 Å². The van der Waals surface area contributed by atoms with Gasteiger partial charge >= 0.3 is 5.97 Å². The van der Waals surface area contributed by atoms with E-state index in [1.54, 1.807) is 14.0 Å². The fraction of sp³-hybridized carbons (Fsp3) is 0.538. The van der Waals surface area contributed by atoms with E-state index in [4.69, 9.17) is 15.2 Å². The van der Waals surface area contributed by atoms with Gasteiger partial charge in [0.2, 0.25) is 11.9 Å². The number of esters is 1. The third kappa shape index (κ3) is 8.37. The maximum absolute atomic E-state index is 12.1. The summed E-state index contributed by atoms with van der Waals surface area (Å²) < 4.78 is 10.6. The maximum Gasteiger partial charge on any atom is 0.325 e. The number of hydrogen-bond acceptors (Lipinski definition) is 9. The summed E-state index contributed by atoms with van der Waals surface area (Å²) in [6.07, 6.45) is 2.95. The number of carbonyl (C=O) groups is 2. The number of benzene rings is 1. The summed E-state index contributed by atoms with van der Waals surface area (Å²) in [4.78, 5) is 34.2. The molecule has 2 aromatic rings. The highest BCUT2D eigenvalue weighted by atomic mass is 16.5. The fourth-order valence-corrected chi connectivity index (χ4v) is 4.02. The van der Waals surface area contributed by atoms with Crippen molar-refractivity contribution in [3.8, 4) is 5.75 Å². The molecular formula is C26H39N5O5. The lowest BCUT2D eigenvalue weighted by atomic mass is 10.0. The molecular weight excluding hydrogens is 462 g/mol.